The summed E-state index contributed by atoms with van der Waals surface area (Å²) in [7, 11) is 1.41. The number of pyridine rings is 1. The monoisotopic (exact) mass is 592 g/mol. The van der Waals surface area contributed by atoms with Gasteiger partial charge in [-0.15, -0.1) is 0 Å². The van der Waals surface area contributed by atoms with Gasteiger partial charge in [0.1, 0.15) is 6.10 Å². The van der Waals surface area contributed by atoms with E-state index in [0.717, 1.165) is 6.42 Å². The van der Waals surface area contributed by atoms with Crippen LogP contribution in [0.1, 0.15) is 83.6 Å². The lowest BCUT2D eigenvalue weighted by Crippen LogP contribution is -2.46. The number of methoxy groups -OCH3 is 1. The lowest BCUT2D eigenvalue weighted by atomic mass is 9.80. The predicted octanol–water partition coefficient (Wildman–Crippen LogP) is 4.31. The maximum absolute atomic E-state index is 13.4. The molecule has 0 radical (unpaired) electrons. The van der Waals surface area contributed by atoms with Crippen molar-refractivity contribution in [2.75, 3.05) is 33.7 Å². The van der Waals surface area contributed by atoms with Gasteiger partial charge in [0, 0.05) is 24.8 Å². The van der Waals surface area contributed by atoms with Crippen molar-refractivity contribution < 1.29 is 42.8 Å². The molecule has 11 nitrogen and oxygen atoms in total. The van der Waals surface area contributed by atoms with E-state index in [1.54, 1.807) is 13.8 Å². The van der Waals surface area contributed by atoms with Crippen LogP contribution in [-0.2, 0) is 28.5 Å². The molecular formula is C31H48N2O9. The minimum atomic E-state index is -1.08. The number of rotatable bonds is 12. The van der Waals surface area contributed by atoms with Crippen LogP contribution in [-0.4, -0.2) is 74.8 Å². The average molecular weight is 593 g/mol. The Morgan fingerprint density at radius 2 is 1.86 bits per heavy atom. The first-order chi connectivity index (χ1) is 20.1. The van der Waals surface area contributed by atoms with E-state index in [2.05, 4.69) is 24.1 Å². The van der Waals surface area contributed by atoms with E-state index in [1.165, 1.54) is 51.5 Å². The number of nitrogens with one attached hydrogen (secondary N) is 1. The summed E-state index contributed by atoms with van der Waals surface area (Å²) in [5.41, 5.74) is -0.135. The van der Waals surface area contributed by atoms with E-state index in [9.17, 15) is 14.4 Å². The van der Waals surface area contributed by atoms with Crippen LogP contribution in [0.3, 0.4) is 0 Å². The molecule has 3 rings (SSSR count). The fourth-order valence-electron chi connectivity index (χ4n) is 5.38. The van der Waals surface area contributed by atoms with E-state index in [1.807, 2.05) is 6.92 Å². The third-order valence-electron chi connectivity index (χ3n) is 7.60. The summed E-state index contributed by atoms with van der Waals surface area (Å²) in [6, 6.07) is 0.429. The number of ether oxygens (including phenoxy) is 6. The second-order valence-electron chi connectivity index (χ2n) is 12.0. The van der Waals surface area contributed by atoms with E-state index >= 15 is 0 Å². The smallest absolute Gasteiger partial charge is 0.331 e. The van der Waals surface area contributed by atoms with Crippen molar-refractivity contribution in [1.29, 1.82) is 0 Å². The molecule has 1 aromatic rings. The molecule has 236 valence electrons. The van der Waals surface area contributed by atoms with Crippen molar-refractivity contribution in [1.82, 2.24) is 10.3 Å². The number of esters is 2. The van der Waals surface area contributed by atoms with Crippen molar-refractivity contribution in [3.63, 3.8) is 0 Å². The minimum absolute atomic E-state index is 0.0190. The molecule has 1 saturated carbocycles. The molecule has 42 heavy (non-hydrogen) atoms. The Bertz CT molecular complexity index is 1030. The maximum Gasteiger partial charge on any atom is 0.331 e. The number of hydrogen-bond acceptors (Lipinski definition) is 10. The highest BCUT2D eigenvalue weighted by Gasteiger charge is 2.37. The van der Waals surface area contributed by atoms with Gasteiger partial charge in [-0.3, -0.25) is 9.59 Å². The van der Waals surface area contributed by atoms with Crippen molar-refractivity contribution in [2.24, 2.45) is 23.7 Å². The fraction of sp³-hybridized carbons (Fsp3) is 0.742. The lowest BCUT2D eigenvalue weighted by Gasteiger charge is -2.34. The van der Waals surface area contributed by atoms with Crippen LogP contribution in [0.4, 0.5) is 0 Å². The zero-order chi connectivity index (χ0) is 30.6. The van der Waals surface area contributed by atoms with Gasteiger partial charge in [0.15, 0.2) is 23.2 Å². The van der Waals surface area contributed by atoms with E-state index in [0.29, 0.717) is 25.0 Å². The molecule has 1 aliphatic carbocycles. The molecule has 2 heterocycles. The van der Waals surface area contributed by atoms with Crippen LogP contribution >= 0.6 is 0 Å². The quantitative estimate of drug-likeness (QED) is 0.277. The first-order valence-corrected chi connectivity index (χ1v) is 15.1. The van der Waals surface area contributed by atoms with Crippen LogP contribution in [0.15, 0.2) is 12.3 Å². The second-order valence-corrected chi connectivity index (χ2v) is 12.0. The number of carbonyl (C=O) groups excluding carboxylic acids is 3. The number of cyclic esters (lactones) is 1. The van der Waals surface area contributed by atoms with Crippen molar-refractivity contribution >= 4 is 17.8 Å². The Balaban J connectivity index is 1.74. The number of hydrogen-bond donors (Lipinski definition) is 1. The zero-order valence-corrected chi connectivity index (χ0v) is 25.9. The molecule has 2 fully saturated rings. The third kappa shape index (κ3) is 9.83. The van der Waals surface area contributed by atoms with Crippen LogP contribution in [0, 0.1) is 23.7 Å². The molecule has 0 bridgehead atoms. The zero-order valence-electron chi connectivity index (χ0n) is 25.9. The standard InChI is InChI=1S/C31H48N2O9/c1-19(2)15-39-27-21(5)42-31(36)24(17-38-16-23(27)14-22-10-8-7-9-11-22)33-29(34)26-28(25(37-6)12-13-32-26)40-18-41-30(35)20(3)4/h12-13,19-24,27H,7-11,14-18H2,1-6H3,(H,33,34). The summed E-state index contributed by atoms with van der Waals surface area (Å²) in [6.07, 6.45) is 7.60. The molecule has 1 N–H and O–H groups in total. The van der Waals surface area contributed by atoms with Gasteiger partial charge in [-0.05, 0) is 25.2 Å². The summed E-state index contributed by atoms with van der Waals surface area (Å²) >= 11 is 0. The highest BCUT2D eigenvalue weighted by Crippen LogP contribution is 2.33. The molecule has 2 aliphatic rings. The van der Waals surface area contributed by atoms with Gasteiger partial charge in [0.2, 0.25) is 6.79 Å². The first-order valence-electron chi connectivity index (χ1n) is 15.1. The number of nitrogens with zero attached hydrogens (tertiary/aromatic N) is 1. The van der Waals surface area contributed by atoms with Crippen LogP contribution in [0.25, 0.3) is 0 Å². The number of aromatic nitrogens is 1. The normalized spacial score (nSPS) is 23.9. The van der Waals surface area contributed by atoms with Crippen molar-refractivity contribution in [3.05, 3.63) is 18.0 Å². The van der Waals surface area contributed by atoms with Gasteiger partial charge in [-0.2, -0.15) is 0 Å². The van der Waals surface area contributed by atoms with E-state index < -0.39 is 36.8 Å². The largest absolute Gasteiger partial charge is 0.493 e. The van der Waals surface area contributed by atoms with Gasteiger partial charge in [-0.1, -0.05) is 59.8 Å². The maximum atomic E-state index is 13.4. The van der Waals surface area contributed by atoms with E-state index in [-0.39, 0.29) is 41.7 Å². The topological polar surface area (TPSA) is 132 Å². The Kier molecular flexibility index (Phi) is 13.3. The van der Waals surface area contributed by atoms with Gasteiger partial charge in [-0.25, -0.2) is 9.78 Å². The summed E-state index contributed by atoms with van der Waals surface area (Å²) in [5.74, 6) is -0.951. The fourth-order valence-corrected chi connectivity index (χ4v) is 5.38. The molecular weight excluding hydrogens is 544 g/mol. The first kappa shape index (κ1) is 33.6. The van der Waals surface area contributed by atoms with Crippen LogP contribution < -0.4 is 14.8 Å². The third-order valence-corrected chi connectivity index (χ3v) is 7.60. The Morgan fingerprint density at radius 3 is 2.52 bits per heavy atom. The summed E-state index contributed by atoms with van der Waals surface area (Å²) < 4.78 is 34.3. The molecule has 0 aromatic carbocycles. The number of carbonyl (C=O) groups is 3. The summed E-state index contributed by atoms with van der Waals surface area (Å²) in [6.45, 7) is 9.84. The Labute approximate surface area is 249 Å². The second kappa shape index (κ2) is 16.6. The molecule has 1 saturated heterocycles. The van der Waals surface area contributed by atoms with Gasteiger partial charge >= 0.3 is 11.9 Å². The molecule has 1 amide bonds. The summed E-state index contributed by atoms with van der Waals surface area (Å²) in [4.78, 5) is 42.7. The lowest BCUT2D eigenvalue weighted by molar-refractivity contribution is -0.161. The minimum Gasteiger partial charge on any atom is -0.493 e. The highest BCUT2D eigenvalue weighted by molar-refractivity contribution is 5.98. The molecule has 1 aromatic heterocycles. The SMILES string of the molecule is COc1ccnc(C(=O)NC2COCC(CC3CCCCC3)C(OCC(C)C)C(C)OC2=O)c1OCOC(=O)C(C)C. The highest BCUT2D eigenvalue weighted by atomic mass is 16.7. The molecule has 4 unspecified atom stereocenters. The number of amides is 1. The van der Waals surface area contributed by atoms with Crippen molar-refractivity contribution in [2.45, 2.75) is 91.4 Å². The molecule has 0 spiro atoms. The molecule has 1 aliphatic heterocycles. The molecule has 11 heteroatoms. The van der Waals surface area contributed by atoms with Crippen LogP contribution in [0.5, 0.6) is 11.5 Å². The van der Waals surface area contributed by atoms with Gasteiger partial charge in [0.05, 0.1) is 32.3 Å². The van der Waals surface area contributed by atoms with Crippen molar-refractivity contribution in [3.8, 4) is 11.5 Å². The van der Waals surface area contributed by atoms with Crippen LogP contribution in [0.2, 0.25) is 0 Å². The summed E-state index contributed by atoms with van der Waals surface area (Å²) in [5, 5.41) is 2.69. The average Bonchev–Trinajstić information content (AvgIpc) is 3.00. The van der Waals surface area contributed by atoms with Gasteiger partial charge < -0.3 is 33.7 Å². The Hall–Kier alpha value is -2.92. The predicted molar refractivity (Wildman–Crippen MR) is 154 cm³/mol. The van der Waals surface area contributed by atoms with E-state index in [4.69, 9.17) is 28.4 Å². The molecule has 4 atom stereocenters. The Morgan fingerprint density at radius 1 is 1.12 bits per heavy atom. The van der Waals surface area contributed by atoms with Gasteiger partial charge in [0.25, 0.3) is 5.91 Å².